The maximum Gasteiger partial charge on any atom is 0.528 e. The monoisotopic (exact) mass is 545 g/mol. The van der Waals surface area contributed by atoms with Crippen molar-refractivity contribution in [3.05, 3.63) is 66.4 Å². The van der Waals surface area contributed by atoms with Crippen LogP contribution in [0.5, 0.6) is 11.5 Å². The zero-order valence-electron chi connectivity index (χ0n) is 23.5. The molecule has 210 valence electrons. The second-order valence-corrected chi connectivity index (χ2v) is 10.7. The van der Waals surface area contributed by atoms with Crippen LogP contribution in [0.4, 0.5) is 16.4 Å². The molecule has 0 amide bonds. The van der Waals surface area contributed by atoms with Gasteiger partial charge in [0.15, 0.2) is 0 Å². The molecule has 5 rings (SSSR count). The Morgan fingerprint density at radius 2 is 1.73 bits per heavy atom. The highest BCUT2D eigenvalue weighted by atomic mass is 16.8. The largest absolute Gasteiger partial charge is 0.528 e. The molecule has 0 saturated carbocycles. The lowest BCUT2D eigenvalue weighted by molar-refractivity contribution is -0.152. The van der Waals surface area contributed by atoms with Gasteiger partial charge in [-0.3, -0.25) is 0 Å². The van der Waals surface area contributed by atoms with Gasteiger partial charge in [-0.25, -0.2) is 14.3 Å². The molecule has 0 spiro atoms. The molecule has 0 radical (unpaired) electrons. The molecule has 1 aliphatic heterocycles. The van der Waals surface area contributed by atoms with Crippen molar-refractivity contribution >= 4 is 23.3 Å². The summed E-state index contributed by atoms with van der Waals surface area (Å²) in [6.45, 7) is 6.71. The molecule has 4 aromatic rings. The highest BCUT2D eigenvalue weighted by molar-refractivity contribution is 5.72. The summed E-state index contributed by atoms with van der Waals surface area (Å²) in [6, 6.07) is 18.0. The fraction of sp³-hybridized carbons (Fsp3) is 0.367. The van der Waals surface area contributed by atoms with Gasteiger partial charge in [-0.2, -0.15) is 0 Å². The molecule has 10 nitrogen and oxygen atoms in total. The van der Waals surface area contributed by atoms with Crippen LogP contribution in [0.15, 0.2) is 60.8 Å². The van der Waals surface area contributed by atoms with E-state index in [0.29, 0.717) is 30.7 Å². The summed E-state index contributed by atoms with van der Waals surface area (Å²) >= 11 is 0. The molecular weight excluding hydrogens is 510 g/mol. The second-order valence-electron chi connectivity index (χ2n) is 10.7. The van der Waals surface area contributed by atoms with Crippen LogP contribution < -0.4 is 14.8 Å². The third-order valence-corrected chi connectivity index (χ3v) is 6.77. The predicted molar refractivity (Wildman–Crippen MR) is 152 cm³/mol. The highest BCUT2D eigenvalue weighted by Crippen LogP contribution is 2.35. The SMILES string of the molecule is COc1cc(C2CCN(OC(=O)OC(C)(C)C)CC2)ccc1Nc1ncc2ccc(-c3ccccc3OC)n2n1. The molecule has 3 heterocycles. The van der Waals surface area contributed by atoms with Crippen LogP contribution in [0, 0.1) is 0 Å². The lowest BCUT2D eigenvalue weighted by atomic mass is 9.90. The van der Waals surface area contributed by atoms with Crippen LogP contribution >= 0.6 is 0 Å². The van der Waals surface area contributed by atoms with E-state index in [4.69, 9.17) is 24.1 Å². The average molecular weight is 546 g/mol. The molecule has 0 atom stereocenters. The Morgan fingerprint density at radius 3 is 2.45 bits per heavy atom. The minimum absolute atomic E-state index is 0.317. The van der Waals surface area contributed by atoms with Gasteiger partial charge in [0.2, 0.25) is 5.95 Å². The van der Waals surface area contributed by atoms with Crippen molar-refractivity contribution in [2.75, 3.05) is 32.6 Å². The number of hydroxylamine groups is 2. The maximum absolute atomic E-state index is 12.0. The molecule has 10 heteroatoms. The summed E-state index contributed by atoms with van der Waals surface area (Å²) in [5.74, 6) is 2.23. The van der Waals surface area contributed by atoms with Gasteiger partial charge in [-0.05, 0) is 81.5 Å². The third kappa shape index (κ3) is 6.12. The van der Waals surface area contributed by atoms with Gasteiger partial charge in [0, 0.05) is 18.7 Å². The molecule has 0 unspecified atom stereocenters. The first-order valence-electron chi connectivity index (χ1n) is 13.3. The number of aromatic nitrogens is 3. The van der Waals surface area contributed by atoms with Crippen LogP contribution in [-0.4, -0.2) is 58.7 Å². The Bertz CT molecular complexity index is 1490. The zero-order valence-corrected chi connectivity index (χ0v) is 23.5. The number of nitrogens with zero attached hydrogens (tertiary/aromatic N) is 4. The van der Waals surface area contributed by atoms with Crippen molar-refractivity contribution in [3.63, 3.8) is 0 Å². The molecular formula is C30H35N5O5. The fourth-order valence-corrected chi connectivity index (χ4v) is 4.86. The van der Waals surface area contributed by atoms with Crippen LogP contribution in [0.1, 0.15) is 45.1 Å². The van der Waals surface area contributed by atoms with E-state index in [1.807, 2.05) is 73.8 Å². The minimum atomic E-state index is -0.668. The molecule has 1 N–H and O–H groups in total. The van der Waals surface area contributed by atoms with E-state index in [1.165, 1.54) is 5.56 Å². The number of fused-ring (bicyclic) bond motifs is 1. The Hall–Kier alpha value is -4.31. The van der Waals surface area contributed by atoms with E-state index in [2.05, 4.69) is 16.4 Å². The number of piperidine rings is 1. The van der Waals surface area contributed by atoms with Gasteiger partial charge in [-0.1, -0.05) is 18.2 Å². The quantitative estimate of drug-likeness (QED) is 0.272. The standard InChI is InChI=1S/C30H35N5O5/c1-30(2,3)39-29(36)40-34-16-14-20(15-17-34)21-10-12-24(27(18-21)38-5)32-28-31-19-22-11-13-25(35(22)33-28)23-8-6-7-9-26(23)37-4/h6-13,18-20H,14-17H2,1-5H3,(H,32,33). The van der Waals surface area contributed by atoms with Gasteiger partial charge in [-0.15, -0.1) is 10.2 Å². The first-order valence-corrected chi connectivity index (χ1v) is 13.3. The smallest absolute Gasteiger partial charge is 0.496 e. The first-order chi connectivity index (χ1) is 19.2. The van der Waals surface area contributed by atoms with E-state index < -0.39 is 11.8 Å². The predicted octanol–water partition coefficient (Wildman–Crippen LogP) is 6.20. The molecule has 1 fully saturated rings. The summed E-state index contributed by atoms with van der Waals surface area (Å²) in [6.07, 6.45) is 2.80. The Morgan fingerprint density at radius 1 is 0.975 bits per heavy atom. The number of hydrogen-bond acceptors (Lipinski definition) is 9. The number of methoxy groups -OCH3 is 2. The van der Waals surface area contributed by atoms with Gasteiger partial charge < -0.3 is 24.4 Å². The van der Waals surface area contributed by atoms with Crippen LogP contribution in [0.25, 0.3) is 16.8 Å². The van der Waals surface area contributed by atoms with Crippen molar-refractivity contribution in [2.24, 2.45) is 0 Å². The number of carbonyl (C=O) groups excluding carboxylic acids is 1. The molecule has 40 heavy (non-hydrogen) atoms. The minimum Gasteiger partial charge on any atom is -0.496 e. The van der Waals surface area contributed by atoms with Crippen molar-refractivity contribution in [2.45, 2.75) is 45.1 Å². The first kappa shape index (κ1) is 27.3. The van der Waals surface area contributed by atoms with E-state index >= 15 is 0 Å². The molecule has 1 aliphatic rings. The summed E-state index contributed by atoms with van der Waals surface area (Å²) < 4.78 is 18.4. The Balaban J connectivity index is 1.29. The van der Waals surface area contributed by atoms with Crippen molar-refractivity contribution in [1.82, 2.24) is 19.7 Å². The Kier molecular flexibility index (Phi) is 7.79. The summed E-state index contributed by atoms with van der Waals surface area (Å²) in [5, 5.41) is 9.73. The van der Waals surface area contributed by atoms with Crippen LogP contribution in [0.3, 0.4) is 0 Å². The van der Waals surface area contributed by atoms with Crippen molar-refractivity contribution in [1.29, 1.82) is 0 Å². The van der Waals surface area contributed by atoms with Gasteiger partial charge in [0.25, 0.3) is 0 Å². The average Bonchev–Trinajstić information content (AvgIpc) is 3.35. The van der Waals surface area contributed by atoms with Gasteiger partial charge in [0.05, 0.1) is 37.3 Å². The number of hydrogen-bond donors (Lipinski definition) is 1. The number of ether oxygens (including phenoxy) is 3. The molecule has 0 bridgehead atoms. The normalized spacial score (nSPS) is 14.6. The number of rotatable bonds is 7. The molecule has 2 aromatic carbocycles. The van der Waals surface area contributed by atoms with Crippen LogP contribution in [0.2, 0.25) is 0 Å². The summed E-state index contributed by atoms with van der Waals surface area (Å²) in [4.78, 5) is 21.9. The van der Waals surface area contributed by atoms with E-state index in [9.17, 15) is 4.79 Å². The number of nitrogens with one attached hydrogen (secondary N) is 1. The Labute approximate surface area is 233 Å². The van der Waals surface area contributed by atoms with Gasteiger partial charge >= 0.3 is 6.16 Å². The lowest BCUT2D eigenvalue weighted by Gasteiger charge is -2.31. The third-order valence-electron chi connectivity index (χ3n) is 6.77. The molecule has 2 aromatic heterocycles. The lowest BCUT2D eigenvalue weighted by Crippen LogP contribution is -2.37. The van der Waals surface area contributed by atoms with E-state index in [0.717, 1.165) is 41.1 Å². The van der Waals surface area contributed by atoms with Crippen molar-refractivity contribution in [3.8, 4) is 22.8 Å². The highest BCUT2D eigenvalue weighted by Gasteiger charge is 2.26. The summed E-state index contributed by atoms with van der Waals surface area (Å²) in [7, 11) is 3.31. The number of anilines is 2. The number of benzene rings is 2. The molecule has 0 aliphatic carbocycles. The summed E-state index contributed by atoms with van der Waals surface area (Å²) in [5.41, 5.74) is 4.07. The number of carbonyl (C=O) groups is 1. The van der Waals surface area contributed by atoms with Gasteiger partial charge in [0.1, 0.15) is 17.1 Å². The molecule has 1 saturated heterocycles. The topological polar surface area (TPSA) is 99.5 Å². The van der Waals surface area contributed by atoms with Crippen LogP contribution in [-0.2, 0) is 9.57 Å². The zero-order chi connectivity index (χ0) is 28.3. The fourth-order valence-electron chi connectivity index (χ4n) is 4.86. The van der Waals surface area contributed by atoms with Crippen molar-refractivity contribution < 1.29 is 23.8 Å². The second kappa shape index (κ2) is 11.4. The maximum atomic E-state index is 12.0. The van der Waals surface area contributed by atoms with E-state index in [1.54, 1.807) is 25.5 Å². The van der Waals surface area contributed by atoms with E-state index in [-0.39, 0.29) is 0 Å². The number of para-hydroxylation sites is 1.